The molecule has 8 heteroatoms. The Bertz CT molecular complexity index is 1140. The Morgan fingerprint density at radius 2 is 1.75 bits per heavy atom. The van der Waals surface area contributed by atoms with Crippen LogP contribution >= 0.6 is 0 Å². The first-order chi connectivity index (χ1) is 19.1. The number of Topliss-reactive ketones (excluding diaryl/α,β-unsaturated/α-hetero) is 1. The Morgan fingerprint density at radius 1 is 1.07 bits per heavy atom. The quantitative estimate of drug-likeness (QED) is 0.337. The van der Waals surface area contributed by atoms with Crippen molar-refractivity contribution in [3.63, 3.8) is 0 Å². The van der Waals surface area contributed by atoms with Crippen LogP contribution < -0.4 is 15.0 Å². The topological polar surface area (TPSA) is 85.2 Å². The van der Waals surface area contributed by atoms with E-state index in [4.69, 9.17) is 4.74 Å². The molecule has 40 heavy (non-hydrogen) atoms. The van der Waals surface area contributed by atoms with Gasteiger partial charge in [0.25, 0.3) is 0 Å². The first-order valence-electron chi connectivity index (χ1n) is 15.0. The number of anilines is 1. The average Bonchev–Trinajstić information content (AvgIpc) is 3.25. The van der Waals surface area contributed by atoms with Crippen LogP contribution in [0.3, 0.4) is 0 Å². The molecule has 8 nitrogen and oxygen atoms in total. The van der Waals surface area contributed by atoms with Crippen molar-refractivity contribution in [3.8, 4) is 5.88 Å². The molecule has 0 saturated carbocycles. The first-order valence-corrected chi connectivity index (χ1v) is 15.0. The van der Waals surface area contributed by atoms with Crippen LogP contribution in [0.4, 0.5) is 5.69 Å². The highest BCUT2D eigenvalue weighted by Gasteiger charge is 2.23. The second-order valence-electron chi connectivity index (χ2n) is 10.8. The number of ether oxygens (including phenoxy) is 1. The molecule has 3 aromatic rings. The predicted molar refractivity (Wildman–Crippen MR) is 167 cm³/mol. The van der Waals surface area contributed by atoms with Crippen molar-refractivity contribution >= 4 is 22.5 Å². The van der Waals surface area contributed by atoms with Gasteiger partial charge in [0.15, 0.2) is 5.65 Å². The molecule has 1 fully saturated rings. The summed E-state index contributed by atoms with van der Waals surface area (Å²) in [6.07, 6.45) is 10.0. The number of carbonyl (C=O) groups excluding carboxylic acids is 1. The van der Waals surface area contributed by atoms with E-state index < -0.39 is 0 Å². The molecule has 1 aliphatic heterocycles. The van der Waals surface area contributed by atoms with E-state index in [1.54, 1.807) is 11.6 Å². The van der Waals surface area contributed by atoms with E-state index in [-0.39, 0.29) is 5.78 Å². The minimum atomic E-state index is 0.289. The molecule has 0 spiro atoms. The van der Waals surface area contributed by atoms with Crippen molar-refractivity contribution in [1.82, 2.24) is 25.1 Å². The van der Waals surface area contributed by atoms with Gasteiger partial charge in [0, 0.05) is 73.4 Å². The zero-order valence-corrected chi connectivity index (χ0v) is 26.4. The smallest absolute Gasteiger partial charge is 0.218 e. The van der Waals surface area contributed by atoms with Crippen molar-refractivity contribution in [3.05, 3.63) is 41.3 Å². The van der Waals surface area contributed by atoms with Gasteiger partial charge in [-0.25, -0.2) is 0 Å². The lowest BCUT2D eigenvalue weighted by Gasteiger charge is -2.38. The zero-order chi connectivity index (χ0) is 29.7. The van der Waals surface area contributed by atoms with Gasteiger partial charge in [0.2, 0.25) is 5.88 Å². The predicted octanol–water partition coefficient (Wildman–Crippen LogP) is 6.22. The summed E-state index contributed by atoms with van der Waals surface area (Å²) in [5.41, 5.74) is 5.94. The van der Waals surface area contributed by atoms with Gasteiger partial charge in [-0.1, -0.05) is 33.6 Å². The third-order valence-corrected chi connectivity index (χ3v) is 6.70. The number of hydrogen-bond acceptors (Lipinski definition) is 7. The van der Waals surface area contributed by atoms with E-state index in [9.17, 15) is 4.79 Å². The molecule has 0 amide bonds. The summed E-state index contributed by atoms with van der Waals surface area (Å²) < 4.78 is 7.33. The number of hydrogen-bond donors (Lipinski definition) is 1. The Hall–Kier alpha value is -3.00. The number of aromatic nitrogens is 4. The minimum absolute atomic E-state index is 0.289. The molecule has 222 valence electrons. The summed E-state index contributed by atoms with van der Waals surface area (Å²) in [5.74, 6) is 1.02. The van der Waals surface area contributed by atoms with Gasteiger partial charge in [-0.2, -0.15) is 10.1 Å². The molecular formula is C32H52N6O2. The van der Waals surface area contributed by atoms with Crippen LogP contribution in [-0.4, -0.2) is 57.3 Å². The molecule has 2 atom stereocenters. The molecule has 1 saturated heterocycles. The summed E-state index contributed by atoms with van der Waals surface area (Å²) in [6.45, 7) is 19.4. The third-order valence-electron chi connectivity index (χ3n) is 6.70. The lowest BCUT2D eigenvalue weighted by atomic mass is 10.0. The highest BCUT2D eigenvalue weighted by atomic mass is 16.5. The molecule has 3 aromatic heterocycles. The van der Waals surface area contributed by atoms with Crippen LogP contribution in [0.2, 0.25) is 0 Å². The minimum Gasteiger partial charge on any atom is -0.478 e. The Balaban J connectivity index is 0.000000235. The zero-order valence-electron chi connectivity index (χ0n) is 26.4. The van der Waals surface area contributed by atoms with Crippen LogP contribution in [0.5, 0.6) is 5.88 Å². The van der Waals surface area contributed by atoms with E-state index in [0.29, 0.717) is 18.7 Å². The molecule has 4 heterocycles. The summed E-state index contributed by atoms with van der Waals surface area (Å²) in [4.78, 5) is 21.5. The maximum absolute atomic E-state index is 10.0. The fourth-order valence-corrected chi connectivity index (χ4v) is 5.13. The van der Waals surface area contributed by atoms with E-state index in [0.717, 1.165) is 62.1 Å². The van der Waals surface area contributed by atoms with Crippen LogP contribution in [0.1, 0.15) is 91.0 Å². The average molecular weight is 553 g/mol. The van der Waals surface area contributed by atoms with Gasteiger partial charge in [0.1, 0.15) is 5.78 Å². The molecule has 0 aromatic carbocycles. The SMILES string of the molecule is CCCC(C)=O.CCCc1c(N2CC(C)NC(C)C2)ccnc1C.CCCc1cc2cn(C)nc2nc1OCC. The molecule has 0 aliphatic carbocycles. The van der Waals surface area contributed by atoms with E-state index in [1.807, 2.05) is 33.3 Å². The van der Waals surface area contributed by atoms with Gasteiger partial charge in [-0.15, -0.1) is 0 Å². The number of pyridine rings is 2. The Kier molecular flexibility index (Phi) is 14.1. The second kappa shape index (κ2) is 17.0. The maximum Gasteiger partial charge on any atom is 0.218 e. The molecule has 1 aliphatic rings. The van der Waals surface area contributed by atoms with E-state index in [1.165, 1.54) is 28.9 Å². The van der Waals surface area contributed by atoms with Crippen molar-refractivity contribution in [2.45, 2.75) is 106 Å². The lowest BCUT2D eigenvalue weighted by Crippen LogP contribution is -2.54. The lowest BCUT2D eigenvalue weighted by molar-refractivity contribution is -0.117. The van der Waals surface area contributed by atoms with Crippen molar-refractivity contribution in [2.75, 3.05) is 24.6 Å². The summed E-state index contributed by atoms with van der Waals surface area (Å²) in [6, 6.07) is 5.42. The number of carbonyl (C=O) groups is 1. The van der Waals surface area contributed by atoms with E-state index >= 15 is 0 Å². The number of rotatable bonds is 9. The fraction of sp³-hybridized carbons (Fsp3) is 0.625. The van der Waals surface area contributed by atoms with Gasteiger partial charge in [0.05, 0.1) is 6.61 Å². The number of aryl methyl sites for hydroxylation is 3. The van der Waals surface area contributed by atoms with Crippen LogP contribution in [0, 0.1) is 6.92 Å². The summed E-state index contributed by atoms with van der Waals surface area (Å²) in [5, 5.41) is 8.95. The molecule has 0 bridgehead atoms. The van der Waals surface area contributed by atoms with Gasteiger partial charge < -0.3 is 19.7 Å². The first kappa shape index (κ1) is 33.2. The summed E-state index contributed by atoms with van der Waals surface area (Å²) in [7, 11) is 1.90. The van der Waals surface area contributed by atoms with Crippen LogP contribution in [0.25, 0.3) is 11.0 Å². The highest BCUT2D eigenvalue weighted by Crippen LogP contribution is 2.26. The number of nitrogens with one attached hydrogen (secondary N) is 1. The molecular weight excluding hydrogens is 500 g/mol. The van der Waals surface area contributed by atoms with Crippen LogP contribution in [0.15, 0.2) is 24.5 Å². The largest absolute Gasteiger partial charge is 0.478 e. The fourth-order valence-electron chi connectivity index (χ4n) is 5.13. The van der Waals surface area contributed by atoms with Gasteiger partial charge >= 0.3 is 0 Å². The van der Waals surface area contributed by atoms with Crippen molar-refractivity contribution in [1.29, 1.82) is 0 Å². The maximum atomic E-state index is 10.0. The Labute approximate surface area is 241 Å². The third kappa shape index (κ3) is 10.2. The van der Waals surface area contributed by atoms with Crippen molar-refractivity contribution < 1.29 is 9.53 Å². The number of fused-ring (bicyclic) bond motifs is 1. The van der Waals surface area contributed by atoms with Crippen molar-refractivity contribution in [2.24, 2.45) is 7.05 Å². The normalized spacial score (nSPS) is 16.6. The molecule has 4 rings (SSSR count). The molecule has 1 N–H and O–H groups in total. The van der Waals surface area contributed by atoms with Crippen LogP contribution in [-0.2, 0) is 24.7 Å². The highest BCUT2D eigenvalue weighted by molar-refractivity contribution is 5.76. The standard InChI is InChI=1S/C15H25N3.C12H17N3O.C5H10O/c1-5-6-14-13(4)16-8-7-15(14)18-9-11(2)17-12(3)10-18;1-4-6-9-7-10-8-15(3)14-11(10)13-12(9)16-5-2;1-3-4-5(2)6/h7-8,11-12,17H,5-6,9-10H2,1-4H3;7-8H,4-6H2,1-3H3;3-4H2,1-2H3. The molecule has 0 radical (unpaired) electrons. The Morgan fingerprint density at radius 3 is 2.30 bits per heavy atom. The van der Waals surface area contributed by atoms with Gasteiger partial charge in [-0.3, -0.25) is 9.67 Å². The second-order valence-corrected chi connectivity index (χ2v) is 10.8. The number of piperazine rings is 1. The van der Waals surface area contributed by atoms with E-state index in [2.05, 4.69) is 72.0 Å². The molecule has 2 unspecified atom stereocenters. The summed E-state index contributed by atoms with van der Waals surface area (Å²) >= 11 is 0. The van der Waals surface area contributed by atoms with Gasteiger partial charge in [-0.05, 0) is 71.6 Å². The monoisotopic (exact) mass is 552 g/mol. The number of nitrogens with zero attached hydrogens (tertiary/aromatic N) is 5. The number of ketones is 1.